The summed E-state index contributed by atoms with van der Waals surface area (Å²) in [5.74, 6) is 0.761. The third kappa shape index (κ3) is 2.19. The van der Waals surface area contributed by atoms with Gasteiger partial charge in [-0.05, 0) is 62.0 Å². The Bertz CT molecular complexity index is 470. The van der Waals surface area contributed by atoms with Crippen molar-refractivity contribution in [1.82, 2.24) is 4.90 Å². The van der Waals surface area contributed by atoms with E-state index in [2.05, 4.69) is 29.2 Å². The molecule has 2 aliphatic heterocycles. The molecule has 2 heteroatoms. The third-order valence-electron chi connectivity index (χ3n) is 5.85. The number of benzene rings is 1. The Hall–Kier alpha value is -0.860. The molecule has 0 spiro atoms. The Morgan fingerprint density at radius 2 is 1.80 bits per heavy atom. The molecule has 4 rings (SSSR count). The topological polar surface area (TPSA) is 29.3 Å². The number of piperidine rings is 1. The van der Waals surface area contributed by atoms with Gasteiger partial charge in [-0.2, -0.15) is 0 Å². The molecule has 1 aliphatic carbocycles. The fourth-order valence-corrected chi connectivity index (χ4v) is 4.91. The van der Waals surface area contributed by atoms with Gasteiger partial charge in [-0.3, -0.25) is 4.90 Å². The number of rotatable bonds is 2. The molecule has 3 atom stereocenters. The molecule has 2 N–H and O–H groups in total. The lowest BCUT2D eigenvalue weighted by atomic mass is 9.82. The molecule has 3 aliphatic rings. The predicted molar refractivity (Wildman–Crippen MR) is 82.8 cm³/mol. The Kier molecular flexibility index (Phi) is 3.31. The van der Waals surface area contributed by atoms with Crippen LogP contribution >= 0.6 is 0 Å². The lowest BCUT2D eigenvalue weighted by Crippen LogP contribution is -2.48. The van der Waals surface area contributed by atoms with Crippen molar-refractivity contribution in [2.45, 2.75) is 69.0 Å². The van der Waals surface area contributed by atoms with Gasteiger partial charge in [0.1, 0.15) is 0 Å². The molecule has 1 aromatic carbocycles. The number of nitrogens with two attached hydrogens (primary N) is 1. The van der Waals surface area contributed by atoms with Gasteiger partial charge in [-0.1, -0.05) is 24.3 Å². The first-order valence-corrected chi connectivity index (χ1v) is 8.40. The minimum absolute atomic E-state index is 0.461. The van der Waals surface area contributed by atoms with E-state index >= 15 is 0 Å². The summed E-state index contributed by atoms with van der Waals surface area (Å²) in [6, 6.07) is 11.1. The smallest absolute Gasteiger partial charge is 0.0114 e. The van der Waals surface area contributed by atoms with Crippen molar-refractivity contribution >= 4 is 0 Å². The maximum Gasteiger partial charge on any atom is 0.0114 e. The van der Waals surface area contributed by atoms with Crippen molar-refractivity contribution < 1.29 is 0 Å². The Labute approximate surface area is 122 Å². The van der Waals surface area contributed by atoms with Gasteiger partial charge in [0.2, 0.25) is 0 Å². The summed E-state index contributed by atoms with van der Waals surface area (Å²) in [7, 11) is 0. The van der Waals surface area contributed by atoms with Crippen LogP contribution in [-0.2, 0) is 6.42 Å². The van der Waals surface area contributed by atoms with Gasteiger partial charge >= 0.3 is 0 Å². The summed E-state index contributed by atoms with van der Waals surface area (Å²) in [6.07, 6.45) is 9.24. The molecular formula is C18H26N2. The van der Waals surface area contributed by atoms with Gasteiger partial charge < -0.3 is 5.73 Å². The highest BCUT2D eigenvalue weighted by Gasteiger charge is 2.40. The zero-order chi connectivity index (χ0) is 13.5. The highest BCUT2D eigenvalue weighted by molar-refractivity contribution is 5.33. The quantitative estimate of drug-likeness (QED) is 0.895. The average Bonchev–Trinajstić information content (AvgIpc) is 2.70. The van der Waals surface area contributed by atoms with Gasteiger partial charge in [-0.15, -0.1) is 0 Å². The van der Waals surface area contributed by atoms with E-state index < -0.39 is 0 Å². The summed E-state index contributed by atoms with van der Waals surface area (Å²) in [4.78, 5) is 2.82. The Morgan fingerprint density at radius 3 is 2.60 bits per heavy atom. The molecule has 2 heterocycles. The third-order valence-corrected chi connectivity index (χ3v) is 5.85. The van der Waals surface area contributed by atoms with Crippen LogP contribution in [0, 0.1) is 0 Å². The highest BCUT2D eigenvalue weighted by atomic mass is 15.2. The van der Waals surface area contributed by atoms with E-state index in [0.717, 1.165) is 18.0 Å². The first-order valence-electron chi connectivity index (χ1n) is 8.40. The van der Waals surface area contributed by atoms with E-state index in [-0.39, 0.29) is 0 Å². The molecule has 2 saturated heterocycles. The second kappa shape index (κ2) is 5.16. The van der Waals surface area contributed by atoms with Crippen molar-refractivity contribution in [3.8, 4) is 0 Å². The summed E-state index contributed by atoms with van der Waals surface area (Å²) >= 11 is 0. The summed E-state index contributed by atoms with van der Waals surface area (Å²) in [5.41, 5.74) is 9.43. The highest BCUT2D eigenvalue weighted by Crippen LogP contribution is 2.39. The molecule has 20 heavy (non-hydrogen) atoms. The minimum atomic E-state index is 0.461. The Morgan fingerprint density at radius 1 is 1.05 bits per heavy atom. The average molecular weight is 270 g/mol. The summed E-state index contributed by atoms with van der Waals surface area (Å²) in [5, 5.41) is 0. The zero-order valence-electron chi connectivity index (χ0n) is 12.3. The fraction of sp³-hybridized carbons (Fsp3) is 0.667. The van der Waals surface area contributed by atoms with Crippen LogP contribution in [0.3, 0.4) is 0 Å². The van der Waals surface area contributed by atoms with E-state index in [1.165, 1.54) is 51.5 Å². The molecule has 0 saturated carbocycles. The molecular weight excluding hydrogens is 244 g/mol. The van der Waals surface area contributed by atoms with Crippen LogP contribution in [0.2, 0.25) is 0 Å². The van der Waals surface area contributed by atoms with Crippen LogP contribution in [0.1, 0.15) is 55.6 Å². The van der Waals surface area contributed by atoms with Crippen molar-refractivity contribution in [3.05, 3.63) is 35.4 Å². The van der Waals surface area contributed by atoms with Crippen molar-refractivity contribution in [3.63, 3.8) is 0 Å². The molecule has 2 fully saturated rings. The maximum absolute atomic E-state index is 6.20. The number of hydrogen-bond donors (Lipinski definition) is 1. The largest absolute Gasteiger partial charge is 0.328 e. The van der Waals surface area contributed by atoms with E-state index in [1.807, 2.05) is 0 Å². The zero-order valence-corrected chi connectivity index (χ0v) is 12.3. The monoisotopic (exact) mass is 270 g/mol. The van der Waals surface area contributed by atoms with E-state index in [0.29, 0.717) is 6.04 Å². The second-order valence-electron chi connectivity index (χ2n) is 7.10. The fourth-order valence-electron chi connectivity index (χ4n) is 4.91. The lowest BCUT2D eigenvalue weighted by molar-refractivity contribution is 0.116. The number of hydrogen-bond acceptors (Lipinski definition) is 2. The van der Waals surface area contributed by atoms with Crippen LogP contribution in [0.15, 0.2) is 24.3 Å². The van der Waals surface area contributed by atoms with Crippen LogP contribution in [0.5, 0.6) is 0 Å². The van der Waals surface area contributed by atoms with Gasteiger partial charge in [0.15, 0.2) is 0 Å². The van der Waals surface area contributed by atoms with E-state index in [4.69, 9.17) is 5.73 Å². The predicted octanol–water partition coefficient (Wildman–Crippen LogP) is 3.06. The first kappa shape index (κ1) is 12.8. The maximum atomic E-state index is 6.20. The molecule has 2 bridgehead atoms. The summed E-state index contributed by atoms with van der Waals surface area (Å²) < 4.78 is 0. The number of fused-ring (bicyclic) bond motifs is 3. The van der Waals surface area contributed by atoms with Crippen LogP contribution < -0.4 is 5.73 Å². The molecule has 1 aromatic rings. The molecule has 0 radical (unpaired) electrons. The van der Waals surface area contributed by atoms with Crippen molar-refractivity contribution in [2.24, 2.45) is 5.73 Å². The van der Waals surface area contributed by atoms with Crippen molar-refractivity contribution in [2.75, 3.05) is 6.54 Å². The minimum Gasteiger partial charge on any atom is -0.328 e. The molecule has 0 amide bonds. The van der Waals surface area contributed by atoms with Crippen LogP contribution in [-0.4, -0.2) is 29.6 Å². The van der Waals surface area contributed by atoms with Crippen molar-refractivity contribution in [1.29, 1.82) is 0 Å². The van der Waals surface area contributed by atoms with Gasteiger partial charge in [-0.25, -0.2) is 0 Å². The molecule has 108 valence electrons. The van der Waals surface area contributed by atoms with E-state index in [1.54, 1.807) is 11.1 Å². The molecule has 0 aromatic heterocycles. The molecule has 2 nitrogen and oxygen atoms in total. The van der Waals surface area contributed by atoms with Crippen LogP contribution in [0.4, 0.5) is 0 Å². The normalized spacial score (nSPS) is 36.9. The lowest BCUT2D eigenvalue weighted by Gasteiger charge is -2.40. The Balaban J connectivity index is 1.53. The van der Waals surface area contributed by atoms with Crippen LogP contribution in [0.25, 0.3) is 0 Å². The molecule has 3 unspecified atom stereocenters. The standard InChI is InChI=1S/C18H26N2/c19-15-10-16-8-9-17(11-15)20(16)12-14-6-3-5-13-4-1-2-7-18(13)14/h1-2,4,7,14-17H,3,5-6,8-12,19H2. The number of aryl methyl sites for hydroxylation is 1. The second-order valence-corrected chi connectivity index (χ2v) is 7.10. The van der Waals surface area contributed by atoms with Gasteiger partial charge in [0.25, 0.3) is 0 Å². The SMILES string of the molecule is NC1CC2CCC(C1)N2CC1CCCc2ccccc21. The van der Waals surface area contributed by atoms with E-state index in [9.17, 15) is 0 Å². The van der Waals surface area contributed by atoms with Gasteiger partial charge in [0, 0.05) is 24.7 Å². The first-order chi connectivity index (χ1) is 9.81. The van der Waals surface area contributed by atoms with Gasteiger partial charge in [0.05, 0.1) is 0 Å². The summed E-state index contributed by atoms with van der Waals surface area (Å²) in [6.45, 7) is 1.28. The number of nitrogens with zero attached hydrogens (tertiary/aromatic N) is 1.